The van der Waals surface area contributed by atoms with Gasteiger partial charge in [0.1, 0.15) is 5.69 Å². The standard InChI is InChI=1S/C20H19F3N6O/c1-28-17(10-18(27-28)20(21,22)23)19(30)25-13-5-7-29-16(13)9-15(26-29)12-4-6-24-14(8-12)11-2-3-11/h4,6,8-11,13H,2-3,5,7H2,1H3,(H,25,30). The van der Waals surface area contributed by atoms with Gasteiger partial charge in [-0.25, -0.2) is 0 Å². The van der Waals surface area contributed by atoms with Gasteiger partial charge in [-0.05, 0) is 37.5 Å². The summed E-state index contributed by atoms with van der Waals surface area (Å²) in [6.45, 7) is 0.625. The molecule has 3 aromatic heterocycles. The van der Waals surface area contributed by atoms with Crippen molar-refractivity contribution in [3.8, 4) is 11.3 Å². The molecule has 5 rings (SSSR count). The molecule has 0 spiro atoms. The summed E-state index contributed by atoms with van der Waals surface area (Å²) in [5, 5.41) is 10.9. The molecule has 1 unspecified atom stereocenters. The molecule has 0 saturated heterocycles. The number of carbonyl (C=O) groups excluding carboxylic acids is 1. The van der Waals surface area contributed by atoms with Gasteiger partial charge < -0.3 is 5.32 Å². The van der Waals surface area contributed by atoms with E-state index in [0.717, 1.165) is 46.2 Å². The topological polar surface area (TPSA) is 77.6 Å². The lowest BCUT2D eigenvalue weighted by atomic mass is 10.1. The summed E-state index contributed by atoms with van der Waals surface area (Å²) in [6.07, 6.45) is 0.138. The fraction of sp³-hybridized carbons (Fsp3) is 0.400. The number of carbonyl (C=O) groups is 1. The molecule has 30 heavy (non-hydrogen) atoms. The van der Waals surface area contributed by atoms with Gasteiger partial charge in [-0.3, -0.25) is 19.1 Å². The van der Waals surface area contributed by atoms with E-state index in [9.17, 15) is 18.0 Å². The number of aryl methyl sites for hydroxylation is 2. The monoisotopic (exact) mass is 416 g/mol. The van der Waals surface area contributed by atoms with Gasteiger partial charge >= 0.3 is 6.18 Å². The number of nitrogens with one attached hydrogen (secondary N) is 1. The molecule has 1 aliphatic heterocycles. The Kier molecular flexibility index (Phi) is 4.19. The average molecular weight is 416 g/mol. The highest BCUT2D eigenvalue weighted by Gasteiger charge is 2.36. The van der Waals surface area contributed by atoms with Crippen LogP contribution in [-0.2, 0) is 19.8 Å². The predicted octanol–water partition coefficient (Wildman–Crippen LogP) is 3.45. The van der Waals surface area contributed by atoms with Crippen LogP contribution >= 0.6 is 0 Å². The Bertz CT molecular complexity index is 1130. The molecule has 1 atom stereocenters. The number of halogens is 3. The van der Waals surface area contributed by atoms with Gasteiger partial charge in [0, 0.05) is 43.0 Å². The van der Waals surface area contributed by atoms with E-state index in [0.29, 0.717) is 18.9 Å². The number of pyridine rings is 1. The van der Waals surface area contributed by atoms with Crippen LogP contribution in [0.15, 0.2) is 30.5 Å². The van der Waals surface area contributed by atoms with Crippen LogP contribution in [0.2, 0.25) is 0 Å². The quantitative estimate of drug-likeness (QED) is 0.707. The summed E-state index contributed by atoms with van der Waals surface area (Å²) in [5.74, 6) is -0.0615. The number of alkyl halides is 3. The molecule has 0 bridgehead atoms. The van der Waals surface area contributed by atoms with E-state index in [-0.39, 0.29) is 11.7 Å². The highest BCUT2D eigenvalue weighted by molar-refractivity contribution is 5.93. The lowest BCUT2D eigenvalue weighted by Gasteiger charge is -2.11. The number of fused-ring (bicyclic) bond motifs is 1. The second kappa shape index (κ2) is 6.68. The first-order chi connectivity index (χ1) is 14.3. The van der Waals surface area contributed by atoms with Gasteiger partial charge in [0.25, 0.3) is 5.91 Å². The minimum Gasteiger partial charge on any atom is -0.342 e. The first-order valence-electron chi connectivity index (χ1n) is 9.76. The van der Waals surface area contributed by atoms with Crippen LogP contribution in [-0.4, -0.2) is 30.5 Å². The van der Waals surface area contributed by atoms with Gasteiger partial charge in [0.2, 0.25) is 0 Å². The first-order valence-corrected chi connectivity index (χ1v) is 9.76. The molecule has 4 heterocycles. The van der Waals surface area contributed by atoms with Crippen LogP contribution in [0.1, 0.15) is 58.8 Å². The summed E-state index contributed by atoms with van der Waals surface area (Å²) >= 11 is 0. The third-order valence-corrected chi connectivity index (χ3v) is 5.58. The molecule has 10 heteroatoms. The average Bonchev–Trinajstić information content (AvgIpc) is 3.17. The summed E-state index contributed by atoms with van der Waals surface area (Å²) in [4.78, 5) is 17.0. The van der Waals surface area contributed by atoms with E-state index in [1.54, 1.807) is 6.20 Å². The van der Waals surface area contributed by atoms with Crippen LogP contribution in [0.5, 0.6) is 0 Å². The van der Waals surface area contributed by atoms with E-state index in [2.05, 4.69) is 26.6 Å². The summed E-state index contributed by atoms with van der Waals surface area (Å²) in [7, 11) is 1.32. The molecule has 156 valence electrons. The second-order valence-corrected chi connectivity index (χ2v) is 7.77. The molecular weight excluding hydrogens is 397 g/mol. The Labute approximate surface area is 169 Å². The molecule has 0 aromatic carbocycles. The maximum atomic E-state index is 12.9. The maximum Gasteiger partial charge on any atom is 0.435 e. The minimum atomic E-state index is -4.60. The van der Waals surface area contributed by atoms with Crippen LogP contribution < -0.4 is 5.32 Å². The van der Waals surface area contributed by atoms with Crippen molar-refractivity contribution in [2.75, 3.05) is 0 Å². The number of amides is 1. The lowest BCUT2D eigenvalue weighted by molar-refractivity contribution is -0.141. The molecule has 1 saturated carbocycles. The predicted molar refractivity (Wildman–Crippen MR) is 100 cm³/mol. The molecule has 2 aliphatic rings. The SMILES string of the molecule is Cn1nc(C(F)(F)F)cc1C(=O)NC1CCn2nc(-c3ccnc(C4CC4)c3)cc21. The molecule has 7 nitrogen and oxygen atoms in total. The number of aromatic nitrogens is 5. The second-order valence-electron chi connectivity index (χ2n) is 7.77. The molecular formula is C20H19F3N6O. The fourth-order valence-corrected chi connectivity index (χ4v) is 3.84. The third-order valence-electron chi connectivity index (χ3n) is 5.58. The van der Waals surface area contributed by atoms with Crippen LogP contribution in [0, 0.1) is 0 Å². The van der Waals surface area contributed by atoms with E-state index in [1.165, 1.54) is 7.05 Å². The molecule has 1 N–H and O–H groups in total. The van der Waals surface area contributed by atoms with E-state index in [4.69, 9.17) is 0 Å². The van der Waals surface area contributed by atoms with Gasteiger partial charge in [-0.1, -0.05) is 0 Å². The number of hydrogen-bond acceptors (Lipinski definition) is 4. The molecule has 1 aliphatic carbocycles. The van der Waals surface area contributed by atoms with Gasteiger partial charge in [-0.15, -0.1) is 0 Å². The number of hydrogen-bond donors (Lipinski definition) is 1. The summed E-state index contributed by atoms with van der Waals surface area (Å²) in [5.41, 5.74) is 2.46. The van der Waals surface area contributed by atoms with Crippen LogP contribution in [0.25, 0.3) is 11.3 Å². The van der Waals surface area contributed by atoms with Crippen molar-refractivity contribution in [3.05, 3.63) is 53.2 Å². The zero-order valence-electron chi connectivity index (χ0n) is 16.1. The van der Waals surface area contributed by atoms with Crippen molar-refractivity contribution in [2.24, 2.45) is 7.05 Å². The summed E-state index contributed by atoms with van der Waals surface area (Å²) < 4.78 is 41.4. The summed E-state index contributed by atoms with van der Waals surface area (Å²) in [6, 6.07) is 6.33. The van der Waals surface area contributed by atoms with Crippen molar-refractivity contribution in [2.45, 2.75) is 43.9 Å². The maximum absolute atomic E-state index is 12.9. The van der Waals surface area contributed by atoms with Crippen molar-refractivity contribution < 1.29 is 18.0 Å². The normalized spacial score (nSPS) is 18.5. The Balaban J connectivity index is 1.36. The Morgan fingerprint density at radius 1 is 1.17 bits per heavy atom. The first kappa shape index (κ1) is 18.8. The Hall–Kier alpha value is -3.17. The lowest BCUT2D eigenvalue weighted by Crippen LogP contribution is -2.28. The number of rotatable bonds is 4. The molecule has 1 amide bonds. The zero-order chi connectivity index (χ0) is 21.0. The third kappa shape index (κ3) is 3.35. The molecule has 3 aromatic rings. The highest BCUT2D eigenvalue weighted by atomic mass is 19.4. The van der Waals surface area contributed by atoms with Crippen molar-refractivity contribution in [1.29, 1.82) is 0 Å². The molecule has 0 radical (unpaired) electrons. The smallest absolute Gasteiger partial charge is 0.342 e. The Morgan fingerprint density at radius 3 is 2.67 bits per heavy atom. The van der Waals surface area contributed by atoms with Gasteiger partial charge in [0.05, 0.1) is 17.4 Å². The van der Waals surface area contributed by atoms with Crippen molar-refractivity contribution in [3.63, 3.8) is 0 Å². The van der Waals surface area contributed by atoms with Crippen molar-refractivity contribution in [1.82, 2.24) is 29.9 Å². The van der Waals surface area contributed by atoms with Gasteiger partial charge in [-0.2, -0.15) is 23.4 Å². The Morgan fingerprint density at radius 2 is 1.97 bits per heavy atom. The highest BCUT2D eigenvalue weighted by Crippen LogP contribution is 2.40. The largest absolute Gasteiger partial charge is 0.435 e. The van der Waals surface area contributed by atoms with Crippen molar-refractivity contribution >= 4 is 5.91 Å². The minimum absolute atomic E-state index is 0.135. The van der Waals surface area contributed by atoms with Gasteiger partial charge in [0.15, 0.2) is 5.69 Å². The van der Waals surface area contributed by atoms with E-state index < -0.39 is 17.8 Å². The zero-order valence-corrected chi connectivity index (χ0v) is 16.1. The van der Waals surface area contributed by atoms with E-state index in [1.807, 2.05) is 16.8 Å². The number of nitrogens with zero attached hydrogens (tertiary/aromatic N) is 5. The van der Waals surface area contributed by atoms with Crippen LogP contribution in [0.4, 0.5) is 13.2 Å². The molecule has 1 fully saturated rings. The van der Waals surface area contributed by atoms with E-state index >= 15 is 0 Å². The fourth-order valence-electron chi connectivity index (χ4n) is 3.84. The van der Waals surface area contributed by atoms with Crippen LogP contribution in [0.3, 0.4) is 0 Å².